The van der Waals surface area contributed by atoms with E-state index in [1.165, 1.54) is 4.31 Å². The third-order valence-corrected chi connectivity index (χ3v) is 7.98. The zero-order valence-corrected chi connectivity index (χ0v) is 20.3. The van der Waals surface area contributed by atoms with Gasteiger partial charge in [0, 0.05) is 24.5 Å². The largest absolute Gasteiger partial charge is 0.379 e. The highest BCUT2D eigenvalue weighted by Gasteiger charge is 2.26. The van der Waals surface area contributed by atoms with E-state index in [1.54, 1.807) is 24.3 Å². The molecule has 0 radical (unpaired) electrons. The van der Waals surface area contributed by atoms with Crippen LogP contribution in [0.4, 0.5) is 0 Å². The fourth-order valence-electron chi connectivity index (χ4n) is 3.91. The summed E-state index contributed by atoms with van der Waals surface area (Å²) >= 11 is 6.04. The number of morpholine rings is 1. The van der Waals surface area contributed by atoms with Crippen molar-refractivity contribution < 1.29 is 17.9 Å². The maximum atomic E-state index is 12.8. The van der Waals surface area contributed by atoms with E-state index in [0.717, 1.165) is 16.7 Å². The number of carbonyl (C=O) groups is 1. The van der Waals surface area contributed by atoms with Crippen LogP contribution in [-0.4, -0.2) is 44.9 Å². The van der Waals surface area contributed by atoms with Crippen LogP contribution in [0.2, 0.25) is 5.02 Å². The second-order valence-electron chi connectivity index (χ2n) is 8.12. The first-order valence-electron chi connectivity index (χ1n) is 11.2. The minimum atomic E-state index is -3.53. The van der Waals surface area contributed by atoms with Crippen molar-refractivity contribution in [1.82, 2.24) is 9.62 Å². The first kappa shape index (κ1) is 24.4. The molecule has 3 aromatic carbocycles. The molecule has 0 bridgehead atoms. The van der Waals surface area contributed by atoms with E-state index in [-0.39, 0.29) is 23.3 Å². The average Bonchev–Trinajstić information content (AvgIpc) is 2.88. The van der Waals surface area contributed by atoms with E-state index in [9.17, 15) is 13.2 Å². The molecule has 178 valence electrons. The van der Waals surface area contributed by atoms with Gasteiger partial charge in [0.2, 0.25) is 15.9 Å². The first-order chi connectivity index (χ1) is 16.4. The van der Waals surface area contributed by atoms with Gasteiger partial charge in [0.1, 0.15) is 0 Å². The van der Waals surface area contributed by atoms with E-state index in [4.69, 9.17) is 16.3 Å². The molecular formula is C26H27ClN2O4S. The van der Waals surface area contributed by atoms with Crippen LogP contribution in [0.25, 0.3) is 0 Å². The highest BCUT2D eigenvalue weighted by molar-refractivity contribution is 7.89. The van der Waals surface area contributed by atoms with Gasteiger partial charge in [-0.15, -0.1) is 0 Å². The number of amides is 1. The van der Waals surface area contributed by atoms with Gasteiger partial charge in [-0.2, -0.15) is 4.31 Å². The van der Waals surface area contributed by atoms with Crippen LogP contribution >= 0.6 is 11.6 Å². The molecule has 1 aliphatic rings. The summed E-state index contributed by atoms with van der Waals surface area (Å²) in [6.07, 6.45) is 0.790. The summed E-state index contributed by atoms with van der Waals surface area (Å²) in [6.45, 7) is 1.54. The second-order valence-corrected chi connectivity index (χ2v) is 10.5. The summed E-state index contributed by atoms with van der Waals surface area (Å²) in [4.78, 5) is 13.1. The zero-order chi connectivity index (χ0) is 24.0. The predicted molar refractivity (Wildman–Crippen MR) is 132 cm³/mol. The van der Waals surface area contributed by atoms with E-state index in [1.807, 2.05) is 54.6 Å². The number of aryl methyl sites for hydroxylation is 1. The molecule has 1 fully saturated rings. The number of nitrogens with one attached hydrogen (secondary N) is 1. The quantitative estimate of drug-likeness (QED) is 0.505. The summed E-state index contributed by atoms with van der Waals surface area (Å²) < 4.78 is 32.2. The third-order valence-electron chi connectivity index (χ3n) is 5.81. The lowest BCUT2D eigenvalue weighted by Gasteiger charge is -2.26. The number of sulfonamides is 1. The van der Waals surface area contributed by atoms with Gasteiger partial charge in [0.15, 0.2) is 0 Å². The summed E-state index contributed by atoms with van der Waals surface area (Å²) in [5.41, 5.74) is 2.83. The van der Waals surface area contributed by atoms with Crippen LogP contribution < -0.4 is 5.32 Å². The van der Waals surface area contributed by atoms with Crippen LogP contribution in [0.1, 0.15) is 29.2 Å². The molecule has 0 aliphatic carbocycles. The number of hydrogen-bond donors (Lipinski definition) is 1. The Labute approximate surface area is 205 Å². The Bertz CT molecular complexity index is 1190. The van der Waals surface area contributed by atoms with Crippen molar-refractivity contribution in [3.8, 4) is 0 Å². The topological polar surface area (TPSA) is 75.7 Å². The van der Waals surface area contributed by atoms with Crippen molar-refractivity contribution in [3.63, 3.8) is 0 Å². The van der Waals surface area contributed by atoms with Gasteiger partial charge in [-0.05, 0) is 47.4 Å². The van der Waals surface area contributed by atoms with Crippen molar-refractivity contribution >= 4 is 27.5 Å². The number of nitrogens with zero attached hydrogens (tertiary/aromatic N) is 1. The minimum Gasteiger partial charge on any atom is -0.379 e. The maximum Gasteiger partial charge on any atom is 0.243 e. The van der Waals surface area contributed by atoms with Crippen molar-refractivity contribution in [3.05, 3.63) is 101 Å². The average molecular weight is 499 g/mol. The van der Waals surface area contributed by atoms with Crippen molar-refractivity contribution in [2.75, 3.05) is 26.3 Å². The molecule has 6 nitrogen and oxygen atoms in total. The Morgan fingerprint density at radius 3 is 2.18 bits per heavy atom. The Balaban J connectivity index is 1.40. The molecule has 8 heteroatoms. The van der Waals surface area contributed by atoms with Crippen LogP contribution in [-0.2, 0) is 26.0 Å². The predicted octanol–water partition coefficient (Wildman–Crippen LogP) is 4.20. The number of halogens is 1. The van der Waals surface area contributed by atoms with E-state index < -0.39 is 10.0 Å². The molecule has 1 atom stereocenters. The number of ether oxygens (including phenoxy) is 1. The molecule has 1 heterocycles. The van der Waals surface area contributed by atoms with Gasteiger partial charge in [0.05, 0.1) is 24.2 Å². The zero-order valence-electron chi connectivity index (χ0n) is 18.7. The fourth-order valence-corrected chi connectivity index (χ4v) is 5.45. The molecule has 34 heavy (non-hydrogen) atoms. The van der Waals surface area contributed by atoms with Gasteiger partial charge in [0.25, 0.3) is 0 Å². The minimum absolute atomic E-state index is 0.0891. The molecule has 1 amide bonds. The van der Waals surface area contributed by atoms with Crippen LogP contribution in [0.3, 0.4) is 0 Å². The Morgan fingerprint density at radius 1 is 0.912 bits per heavy atom. The molecular weight excluding hydrogens is 472 g/mol. The molecule has 0 saturated carbocycles. The van der Waals surface area contributed by atoms with Gasteiger partial charge in [-0.25, -0.2) is 8.42 Å². The molecule has 0 aromatic heterocycles. The van der Waals surface area contributed by atoms with Crippen LogP contribution in [0, 0.1) is 0 Å². The molecule has 3 aromatic rings. The summed E-state index contributed by atoms with van der Waals surface area (Å²) in [5.74, 6) is -0.0891. The summed E-state index contributed by atoms with van der Waals surface area (Å²) in [6, 6.07) is 23.7. The Hall–Kier alpha value is -2.71. The smallest absolute Gasteiger partial charge is 0.243 e. The van der Waals surface area contributed by atoms with Gasteiger partial charge >= 0.3 is 0 Å². The van der Waals surface area contributed by atoms with Crippen LogP contribution in [0.5, 0.6) is 0 Å². The standard InChI is InChI=1S/C26H27ClN2O4S/c27-23-11-9-22(10-12-23)26(21-4-2-1-3-5-21)28-25(30)15-8-20-6-13-24(14-7-20)34(31,32)29-16-18-33-19-17-29/h1-7,9-14,26H,8,15-19H2,(H,28,30). The van der Waals surface area contributed by atoms with Crippen molar-refractivity contribution in [2.24, 2.45) is 0 Å². The molecule has 4 rings (SSSR count). The lowest BCUT2D eigenvalue weighted by Crippen LogP contribution is -2.40. The first-order valence-corrected chi connectivity index (χ1v) is 13.0. The lowest BCUT2D eigenvalue weighted by atomic mass is 9.98. The lowest BCUT2D eigenvalue weighted by molar-refractivity contribution is -0.121. The summed E-state index contributed by atoms with van der Waals surface area (Å²) in [7, 11) is -3.53. The maximum absolute atomic E-state index is 12.8. The monoisotopic (exact) mass is 498 g/mol. The Morgan fingerprint density at radius 2 is 1.53 bits per heavy atom. The number of benzene rings is 3. The molecule has 1 aliphatic heterocycles. The van der Waals surface area contributed by atoms with E-state index in [2.05, 4.69) is 5.32 Å². The highest BCUT2D eigenvalue weighted by atomic mass is 35.5. The fraction of sp³-hybridized carbons (Fsp3) is 0.269. The third kappa shape index (κ3) is 6.04. The molecule has 1 saturated heterocycles. The van der Waals surface area contributed by atoms with Crippen LogP contribution in [0.15, 0.2) is 83.8 Å². The summed E-state index contributed by atoms with van der Waals surface area (Å²) in [5, 5.41) is 3.76. The molecule has 1 unspecified atom stereocenters. The van der Waals surface area contributed by atoms with E-state index in [0.29, 0.717) is 37.7 Å². The van der Waals surface area contributed by atoms with Gasteiger partial charge < -0.3 is 10.1 Å². The highest BCUT2D eigenvalue weighted by Crippen LogP contribution is 2.24. The molecule has 1 N–H and O–H groups in total. The molecule has 0 spiro atoms. The van der Waals surface area contributed by atoms with Crippen molar-refractivity contribution in [1.29, 1.82) is 0 Å². The number of carbonyl (C=O) groups excluding carboxylic acids is 1. The van der Waals surface area contributed by atoms with Gasteiger partial charge in [-0.3, -0.25) is 4.79 Å². The second kappa shape index (κ2) is 11.1. The number of rotatable bonds is 8. The number of hydrogen-bond acceptors (Lipinski definition) is 4. The van der Waals surface area contributed by atoms with Gasteiger partial charge in [-0.1, -0.05) is 66.2 Å². The SMILES string of the molecule is O=C(CCc1ccc(S(=O)(=O)N2CCOCC2)cc1)NC(c1ccccc1)c1ccc(Cl)cc1. The Kier molecular flexibility index (Phi) is 8.00. The van der Waals surface area contributed by atoms with E-state index >= 15 is 0 Å². The normalized spacial score (nSPS) is 15.6. The van der Waals surface area contributed by atoms with Crippen molar-refractivity contribution in [2.45, 2.75) is 23.8 Å².